The molecule has 17 heavy (non-hydrogen) atoms. The van der Waals surface area contributed by atoms with Crippen LogP contribution in [0.5, 0.6) is 5.75 Å². The Morgan fingerprint density at radius 2 is 2.12 bits per heavy atom. The van der Waals surface area contributed by atoms with Gasteiger partial charge in [0.1, 0.15) is 5.75 Å². The largest absolute Gasteiger partial charge is 0.507 e. The Morgan fingerprint density at radius 1 is 1.47 bits per heavy atom. The van der Waals surface area contributed by atoms with Crippen molar-refractivity contribution in [1.82, 2.24) is 0 Å². The number of carbonyl (C=O) groups excluding carboxylic acids is 1. The highest BCUT2D eigenvalue weighted by Gasteiger charge is 2.14. The number of hydrogen-bond donors (Lipinski definition) is 3. The van der Waals surface area contributed by atoms with Crippen LogP contribution in [0, 0.1) is 13.8 Å². The van der Waals surface area contributed by atoms with Crippen LogP contribution in [0.2, 0.25) is 0 Å². The average molecular weight is 236 g/mol. The second-order valence-electron chi connectivity index (χ2n) is 4.29. The molecule has 0 saturated heterocycles. The van der Waals surface area contributed by atoms with Crippen LogP contribution in [0.4, 0.5) is 5.69 Å². The van der Waals surface area contributed by atoms with Gasteiger partial charge in [-0.15, -0.1) is 0 Å². The van der Waals surface area contributed by atoms with Gasteiger partial charge in [0.25, 0.3) is 0 Å². The summed E-state index contributed by atoms with van der Waals surface area (Å²) in [6.07, 6.45) is 1.52. The molecule has 1 atom stereocenters. The van der Waals surface area contributed by atoms with Crippen LogP contribution in [0.15, 0.2) is 12.1 Å². The highest BCUT2D eigenvalue weighted by Crippen LogP contribution is 2.28. The molecule has 0 fully saturated rings. The van der Waals surface area contributed by atoms with E-state index in [1.165, 1.54) is 0 Å². The number of nitrogens with one attached hydrogen (secondary N) is 1. The first-order valence-electron chi connectivity index (χ1n) is 5.83. The van der Waals surface area contributed by atoms with Crippen molar-refractivity contribution in [3.05, 3.63) is 23.3 Å². The Hall–Kier alpha value is -1.55. The molecule has 4 heteroatoms. The minimum Gasteiger partial charge on any atom is -0.507 e. The van der Waals surface area contributed by atoms with Crippen molar-refractivity contribution in [1.29, 1.82) is 0 Å². The van der Waals surface area contributed by atoms with Gasteiger partial charge in [-0.05, 0) is 31.9 Å². The van der Waals surface area contributed by atoms with Gasteiger partial charge in [-0.2, -0.15) is 0 Å². The van der Waals surface area contributed by atoms with E-state index in [2.05, 4.69) is 5.32 Å². The Kier molecular flexibility index (Phi) is 4.52. The van der Waals surface area contributed by atoms with Crippen LogP contribution in [0.25, 0.3) is 0 Å². The van der Waals surface area contributed by atoms with Gasteiger partial charge >= 0.3 is 0 Å². The molecule has 0 heterocycles. The molecule has 1 unspecified atom stereocenters. The van der Waals surface area contributed by atoms with Gasteiger partial charge in [0.05, 0.1) is 6.04 Å². The second kappa shape index (κ2) is 5.68. The lowest BCUT2D eigenvalue weighted by Crippen LogP contribution is -2.35. The number of hydrogen-bond acceptors (Lipinski definition) is 3. The van der Waals surface area contributed by atoms with Gasteiger partial charge < -0.3 is 16.2 Å². The van der Waals surface area contributed by atoms with Crippen LogP contribution in [-0.4, -0.2) is 17.1 Å². The van der Waals surface area contributed by atoms with Crippen LogP contribution in [-0.2, 0) is 4.79 Å². The fourth-order valence-corrected chi connectivity index (χ4v) is 1.64. The van der Waals surface area contributed by atoms with E-state index in [-0.39, 0.29) is 11.7 Å². The number of aryl methyl sites for hydroxylation is 1. The number of anilines is 1. The van der Waals surface area contributed by atoms with E-state index in [1.54, 1.807) is 19.1 Å². The van der Waals surface area contributed by atoms with E-state index in [4.69, 9.17) is 5.73 Å². The third-order valence-electron chi connectivity index (χ3n) is 2.83. The minimum absolute atomic E-state index is 0.210. The Labute approximate surface area is 102 Å². The van der Waals surface area contributed by atoms with Crippen LogP contribution >= 0.6 is 0 Å². The standard InChI is InChI=1S/C13H20N2O2/c1-4-5-10(14)13(17)15-11-7-6-8(2)12(16)9(11)3/h6-7,10,16H,4-5,14H2,1-3H3,(H,15,17). The summed E-state index contributed by atoms with van der Waals surface area (Å²) in [5.74, 6) is 0.00469. The maximum atomic E-state index is 11.7. The van der Waals surface area contributed by atoms with Crippen molar-refractivity contribution in [3.63, 3.8) is 0 Å². The van der Waals surface area contributed by atoms with Crippen molar-refractivity contribution in [3.8, 4) is 5.75 Å². The predicted octanol–water partition coefficient (Wildman–Crippen LogP) is 2.07. The number of phenolic OH excluding ortho intramolecular Hbond substituents is 1. The van der Waals surface area contributed by atoms with Crippen LogP contribution < -0.4 is 11.1 Å². The summed E-state index contributed by atoms with van der Waals surface area (Å²) in [6, 6.07) is 3.05. The fourth-order valence-electron chi connectivity index (χ4n) is 1.64. The smallest absolute Gasteiger partial charge is 0.241 e. The summed E-state index contributed by atoms with van der Waals surface area (Å²) in [7, 11) is 0. The summed E-state index contributed by atoms with van der Waals surface area (Å²) < 4.78 is 0. The average Bonchev–Trinajstić information content (AvgIpc) is 2.30. The monoisotopic (exact) mass is 236 g/mol. The van der Waals surface area contributed by atoms with Gasteiger partial charge in [-0.25, -0.2) is 0 Å². The van der Waals surface area contributed by atoms with Gasteiger partial charge in [0.15, 0.2) is 0 Å². The van der Waals surface area contributed by atoms with Gasteiger partial charge in [-0.1, -0.05) is 19.4 Å². The Balaban J connectivity index is 2.82. The van der Waals surface area contributed by atoms with Crippen LogP contribution in [0.1, 0.15) is 30.9 Å². The maximum absolute atomic E-state index is 11.7. The van der Waals surface area contributed by atoms with E-state index in [9.17, 15) is 9.90 Å². The first-order valence-corrected chi connectivity index (χ1v) is 5.83. The first kappa shape index (κ1) is 13.5. The molecule has 1 aromatic carbocycles. The van der Waals surface area contributed by atoms with Crippen LogP contribution in [0.3, 0.4) is 0 Å². The van der Waals surface area contributed by atoms with Crippen molar-refractivity contribution in [2.24, 2.45) is 5.73 Å². The van der Waals surface area contributed by atoms with Crippen molar-refractivity contribution >= 4 is 11.6 Å². The number of nitrogens with two attached hydrogens (primary N) is 1. The van der Waals surface area contributed by atoms with E-state index in [1.807, 2.05) is 13.8 Å². The van der Waals surface area contributed by atoms with E-state index in [0.29, 0.717) is 17.7 Å². The van der Waals surface area contributed by atoms with E-state index < -0.39 is 6.04 Å². The molecule has 1 amide bonds. The number of rotatable bonds is 4. The highest BCUT2D eigenvalue weighted by atomic mass is 16.3. The number of aromatic hydroxyl groups is 1. The minimum atomic E-state index is -0.497. The number of benzene rings is 1. The third-order valence-corrected chi connectivity index (χ3v) is 2.83. The molecule has 0 spiro atoms. The summed E-state index contributed by atoms with van der Waals surface area (Å²) in [5, 5.41) is 12.5. The summed E-state index contributed by atoms with van der Waals surface area (Å²) in [5.41, 5.74) is 7.79. The number of phenols is 1. The lowest BCUT2D eigenvalue weighted by Gasteiger charge is -2.14. The Morgan fingerprint density at radius 3 is 2.71 bits per heavy atom. The fraction of sp³-hybridized carbons (Fsp3) is 0.462. The molecular weight excluding hydrogens is 216 g/mol. The molecule has 4 N–H and O–H groups in total. The number of amides is 1. The zero-order chi connectivity index (χ0) is 13.0. The van der Waals surface area contributed by atoms with Crippen molar-refractivity contribution < 1.29 is 9.90 Å². The zero-order valence-corrected chi connectivity index (χ0v) is 10.6. The number of carbonyl (C=O) groups is 1. The van der Waals surface area contributed by atoms with E-state index >= 15 is 0 Å². The molecule has 94 valence electrons. The quantitative estimate of drug-likeness (QED) is 0.749. The van der Waals surface area contributed by atoms with Crippen molar-refractivity contribution in [2.45, 2.75) is 39.7 Å². The van der Waals surface area contributed by atoms with Gasteiger partial charge in [0.2, 0.25) is 5.91 Å². The SMILES string of the molecule is CCCC(N)C(=O)Nc1ccc(C)c(O)c1C. The molecule has 0 aliphatic heterocycles. The molecule has 4 nitrogen and oxygen atoms in total. The topological polar surface area (TPSA) is 75.4 Å². The highest BCUT2D eigenvalue weighted by molar-refractivity contribution is 5.95. The molecular formula is C13H20N2O2. The normalized spacial score (nSPS) is 12.2. The molecule has 0 aliphatic rings. The van der Waals surface area contributed by atoms with E-state index in [0.717, 1.165) is 12.0 Å². The summed E-state index contributed by atoms with van der Waals surface area (Å²) >= 11 is 0. The molecule has 0 aromatic heterocycles. The molecule has 0 aliphatic carbocycles. The zero-order valence-electron chi connectivity index (χ0n) is 10.6. The second-order valence-corrected chi connectivity index (χ2v) is 4.29. The summed E-state index contributed by atoms with van der Waals surface area (Å²) in [6.45, 7) is 5.57. The lowest BCUT2D eigenvalue weighted by atomic mass is 10.1. The molecule has 0 radical (unpaired) electrons. The molecule has 0 saturated carbocycles. The van der Waals surface area contributed by atoms with Gasteiger partial charge in [-0.3, -0.25) is 4.79 Å². The predicted molar refractivity (Wildman–Crippen MR) is 69.1 cm³/mol. The molecule has 1 rings (SSSR count). The Bertz CT molecular complexity index is 416. The molecule has 1 aromatic rings. The van der Waals surface area contributed by atoms with Gasteiger partial charge in [0, 0.05) is 11.3 Å². The lowest BCUT2D eigenvalue weighted by molar-refractivity contribution is -0.117. The summed E-state index contributed by atoms with van der Waals surface area (Å²) in [4.78, 5) is 11.7. The molecule has 0 bridgehead atoms. The third kappa shape index (κ3) is 3.20. The maximum Gasteiger partial charge on any atom is 0.241 e. The van der Waals surface area contributed by atoms with Crippen molar-refractivity contribution in [2.75, 3.05) is 5.32 Å². The first-order chi connectivity index (χ1) is 7.97.